The third-order valence-electron chi connectivity index (χ3n) is 5.11. The zero-order valence-corrected chi connectivity index (χ0v) is 16.0. The molecule has 0 aromatic heterocycles. The maximum atomic E-state index is 12.5. The van der Waals surface area contributed by atoms with Crippen LogP contribution in [0, 0.1) is 0 Å². The van der Waals surface area contributed by atoms with Crippen LogP contribution in [0.25, 0.3) is 0 Å². The monoisotopic (exact) mass is 394 g/mol. The third kappa shape index (κ3) is 4.57. The molecule has 6 heteroatoms. The van der Waals surface area contributed by atoms with Crippen molar-refractivity contribution in [2.45, 2.75) is 19.0 Å². The third-order valence-corrected chi connectivity index (χ3v) is 5.88. The Labute approximate surface area is 153 Å². The number of amides is 1. The van der Waals surface area contributed by atoms with Crippen molar-refractivity contribution < 1.29 is 4.79 Å². The van der Waals surface area contributed by atoms with E-state index < -0.39 is 0 Å². The molecule has 2 aliphatic heterocycles. The average Bonchev–Trinajstić information content (AvgIpc) is 3.12. The molecule has 2 fully saturated rings. The summed E-state index contributed by atoms with van der Waals surface area (Å²) >= 11 is 3.55. The van der Waals surface area contributed by atoms with Gasteiger partial charge in [-0.15, -0.1) is 0 Å². The van der Waals surface area contributed by atoms with Gasteiger partial charge >= 0.3 is 0 Å². The lowest BCUT2D eigenvalue weighted by molar-refractivity contribution is -0.132. The molecule has 1 atom stereocenters. The number of piperazine rings is 1. The van der Waals surface area contributed by atoms with Crippen molar-refractivity contribution in [2.24, 2.45) is 0 Å². The molecular formula is C18H27BrN4O. The topological polar surface area (TPSA) is 38.8 Å². The molecule has 0 spiro atoms. The first-order valence-corrected chi connectivity index (χ1v) is 9.57. The predicted octanol–water partition coefficient (Wildman–Crippen LogP) is 1.39. The Morgan fingerprint density at radius 3 is 2.71 bits per heavy atom. The lowest BCUT2D eigenvalue weighted by Crippen LogP contribution is -2.52. The van der Waals surface area contributed by atoms with Crippen LogP contribution in [0.15, 0.2) is 28.7 Å². The summed E-state index contributed by atoms with van der Waals surface area (Å²) in [7, 11) is 1.89. The summed E-state index contributed by atoms with van der Waals surface area (Å²) in [5.74, 6) is 0.196. The summed E-state index contributed by atoms with van der Waals surface area (Å²) < 4.78 is 1.06. The first-order valence-electron chi connectivity index (χ1n) is 8.78. The van der Waals surface area contributed by atoms with Crippen molar-refractivity contribution in [2.75, 3.05) is 52.9 Å². The first kappa shape index (κ1) is 17.9. The molecule has 2 heterocycles. The van der Waals surface area contributed by atoms with E-state index in [-0.39, 0.29) is 5.91 Å². The minimum Gasteiger partial charge on any atom is -0.340 e. The molecule has 1 N–H and O–H groups in total. The van der Waals surface area contributed by atoms with Crippen molar-refractivity contribution in [1.82, 2.24) is 20.0 Å². The van der Waals surface area contributed by atoms with Gasteiger partial charge in [0.05, 0.1) is 6.54 Å². The molecule has 24 heavy (non-hydrogen) atoms. The Morgan fingerprint density at radius 2 is 2.04 bits per heavy atom. The highest BCUT2D eigenvalue weighted by molar-refractivity contribution is 9.10. The van der Waals surface area contributed by atoms with Gasteiger partial charge in [0.1, 0.15) is 0 Å². The summed E-state index contributed by atoms with van der Waals surface area (Å²) in [5, 5.41) is 3.44. The molecule has 3 rings (SSSR count). The van der Waals surface area contributed by atoms with Crippen LogP contribution in [0.3, 0.4) is 0 Å². The number of hydrogen-bond acceptors (Lipinski definition) is 4. The van der Waals surface area contributed by atoms with E-state index in [4.69, 9.17) is 0 Å². The van der Waals surface area contributed by atoms with E-state index in [0.29, 0.717) is 19.1 Å². The summed E-state index contributed by atoms with van der Waals surface area (Å²) in [5.41, 5.74) is 1.15. The van der Waals surface area contributed by atoms with E-state index in [0.717, 1.165) is 49.3 Å². The fourth-order valence-corrected chi connectivity index (χ4v) is 3.93. The summed E-state index contributed by atoms with van der Waals surface area (Å²) in [6.45, 7) is 7.57. The summed E-state index contributed by atoms with van der Waals surface area (Å²) in [6.07, 6.45) is 1.26. The Kier molecular flexibility index (Phi) is 6.27. The molecule has 1 aromatic rings. The van der Waals surface area contributed by atoms with Gasteiger partial charge in [-0.05, 0) is 24.6 Å². The number of nitrogens with zero attached hydrogens (tertiary/aromatic N) is 3. The fraction of sp³-hybridized carbons (Fsp3) is 0.611. The highest BCUT2D eigenvalue weighted by Crippen LogP contribution is 2.17. The van der Waals surface area contributed by atoms with E-state index in [1.165, 1.54) is 6.42 Å². The second-order valence-electron chi connectivity index (χ2n) is 6.80. The van der Waals surface area contributed by atoms with Crippen LogP contribution < -0.4 is 5.32 Å². The number of benzene rings is 1. The molecule has 2 aliphatic rings. The van der Waals surface area contributed by atoms with E-state index in [1.807, 2.05) is 30.1 Å². The van der Waals surface area contributed by atoms with Crippen molar-refractivity contribution >= 4 is 21.8 Å². The Hall–Kier alpha value is -0.950. The first-order chi connectivity index (χ1) is 11.6. The molecule has 1 aromatic carbocycles. The molecule has 2 saturated heterocycles. The summed E-state index contributed by atoms with van der Waals surface area (Å²) in [4.78, 5) is 19.2. The number of rotatable bonds is 5. The van der Waals surface area contributed by atoms with E-state index in [1.54, 1.807) is 0 Å². The predicted molar refractivity (Wildman–Crippen MR) is 99.9 cm³/mol. The molecule has 1 amide bonds. The molecule has 0 saturated carbocycles. The molecule has 5 nitrogen and oxygen atoms in total. The van der Waals surface area contributed by atoms with Gasteiger partial charge in [0.25, 0.3) is 0 Å². The van der Waals surface area contributed by atoms with Gasteiger partial charge in [-0.2, -0.15) is 0 Å². The van der Waals surface area contributed by atoms with Crippen LogP contribution >= 0.6 is 15.9 Å². The van der Waals surface area contributed by atoms with Crippen LogP contribution in [0.4, 0.5) is 0 Å². The lowest BCUT2D eigenvalue weighted by Gasteiger charge is -2.37. The Bertz CT molecular complexity index is 554. The number of hydrogen-bond donors (Lipinski definition) is 1. The van der Waals surface area contributed by atoms with E-state index in [9.17, 15) is 4.79 Å². The Morgan fingerprint density at radius 1 is 1.29 bits per heavy atom. The van der Waals surface area contributed by atoms with Crippen LogP contribution in [-0.4, -0.2) is 79.5 Å². The number of nitrogens with one attached hydrogen (secondary N) is 1. The standard InChI is InChI=1S/C18H27BrN4O/c1-21(13-15-4-2-3-5-17(15)19)18(24)14-22-8-10-23(11-9-22)16-6-7-20-12-16/h2-5,16,20H,6-14H2,1H3. The Balaban J connectivity index is 1.44. The number of likely N-dealkylation sites (N-methyl/N-ethyl adjacent to an activating group) is 1. The van der Waals surface area contributed by atoms with E-state index >= 15 is 0 Å². The molecule has 0 aliphatic carbocycles. The van der Waals surface area contributed by atoms with Crippen LogP contribution in [0.5, 0.6) is 0 Å². The van der Waals surface area contributed by atoms with Gasteiger partial charge < -0.3 is 10.2 Å². The largest absolute Gasteiger partial charge is 0.340 e. The molecular weight excluding hydrogens is 368 g/mol. The quantitative estimate of drug-likeness (QED) is 0.818. The minimum atomic E-state index is 0.196. The minimum absolute atomic E-state index is 0.196. The second kappa shape index (κ2) is 8.43. The lowest BCUT2D eigenvalue weighted by atomic mass is 10.2. The van der Waals surface area contributed by atoms with Crippen LogP contribution in [-0.2, 0) is 11.3 Å². The maximum Gasteiger partial charge on any atom is 0.236 e. The normalized spacial score (nSPS) is 22.7. The number of carbonyl (C=O) groups excluding carboxylic acids is 1. The highest BCUT2D eigenvalue weighted by atomic mass is 79.9. The smallest absolute Gasteiger partial charge is 0.236 e. The number of halogens is 1. The van der Waals surface area contributed by atoms with E-state index in [2.05, 4.69) is 37.1 Å². The molecule has 0 bridgehead atoms. The summed E-state index contributed by atoms with van der Waals surface area (Å²) in [6, 6.07) is 8.78. The van der Waals surface area contributed by atoms with Gasteiger partial charge in [-0.3, -0.25) is 14.6 Å². The van der Waals surface area contributed by atoms with Crippen LogP contribution in [0.2, 0.25) is 0 Å². The van der Waals surface area contributed by atoms with Gasteiger partial charge in [-0.25, -0.2) is 0 Å². The van der Waals surface area contributed by atoms with Gasteiger partial charge in [-0.1, -0.05) is 34.1 Å². The van der Waals surface area contributed by atoms with Crippen molar-refractivity contribution in [3.05, 3.63) is 34.3 Å². The van der Waals surface area contributed by atoms with Crippen LogP contribution in [0.1, 0.15) is 12.0 Å². The molecule has 132 valence electrons. The van der Waals surface area contributed by atoms with Gasteiger partial charge in [0.15, 0.2) is 0 Å². The SMILES string of the molecule is CN(Cc1ccccc1Br)C(=O)CN1CCN(C2CCNC2)CC1. The van der Waals surface area contributed by atoms with Crippen molar-refractivity contribution in [1.29, 1.82) is 0 Å². The molecule has 0 radical (unpaired) electrons. The second-order valence-corrected chi connectivity index (χ2v) is 7.65. The van der Waals surface area contributed by atoms with Gasteiger partial charge in [0.2, 0.25) is 5.91 Å². The average molecular weight is 395 g/mol. The fourth-order valence-electron chi connectivity index (χ4n) is 3.52. The van der Waals surface area contributed by atoms with Crippen molar-refractivity contribution in [3.8, 4) is 0 Å². The zero-order valence-electron chi connectivity index (χ0n) is 14.4. The maximum absolute atomic E-state index is 12.5. The van der Waals surface area contributed by atoms with Crippen molar-refractivity contribution in [3.63, 3.8) is 0 Å². The van der Waals surface area contributed by atoms with Gasteiger partial charge in [0, 0.05) is 56.8 Å². The highest BCUT2D eigenvalue weighted by Gasteiger charge is 2.27. The molecule has 1 unspecified atom stereocenters. The number of carbonyl (C=O) groups is 1. The zero-order chi connectivity index (χ0) is 16.9.